The SMILES string of the molecule is CC1CNCCN1S(=O)(=O)c1csc2ccc(Cl)cc12. The Morgan fingerprint density at radius 1 is 1.45 bits per heavy atom. The number of piperazine rings is 1. The molecule has 1 atom stereocenters. The van der Waals surface area contributed by atoms with Crippen molar-refractivity contribution in [2.24, 2.45) is 0 Å². The number of hydrogen-bond acceptors (Lipinski definition) is 4. The van der Waals surface area contributed by atoms with Gasteiger partial charge in [-0.3, -0.25) is 0 Å². The summed E-state index contributed by atoms with van der Waals surface area (Å²) in [5.74, 6) is 0. The molecule has 1 aromatic carbocycles. The fraction of sp³-hybridized carbons (Fsp3) is 0.385. The van der Waals surface area contributed by atoms with Gasteiger partial charge in [0.1, 0.15) is 4.90 Å². The van der Waals surface area contributed by atoms with Gasteiger partial charge in [0.15, 0.2) is 0 Å². The Balaban J connectivity index is 2.11. The monoisotopic (exact) mass is 330 g/mol. The van der Waals surface area contributed by atoms with Crippen LogP contribution in [-0.4, -0.2) is 38.4 Å². The van der Waals surface area contributed by atoms with E-state index in [4.69, 9.17) is 11.6 Å². The lowest BCUT2D eigenvalue weighted by Crippen LogP contribution is -2.52. The zero-order valence-electron chi connectivity index (χ0n) is 11.0. The lowest BCUT2D eigenvalue weighted by Gasteiger charge is -2.32. The Bertz CT molecular complexity index is 742. The number of benzene rings is 1. The van der Waals surface area contributed by atoms with Gasteiger partial charge >= 0.3 is 0 Å². The first-order valence-electron chi connectivity index (χ1n) is 6.39. The molecule has 1 aliphatic rings. The van der Waals surface area contributed by atoms with Crippen LogP contribution >= 0.6 is 22.9 Å². The van der Waals surface area contributed by atoms with Gasteiger partial charge in [0.25, 0.3) is 0 Å². The second-order valence-corrected chi connectivity index (χ2v) is 8.12. The number of fused-ring (bicyclic) bond motifs is 1. The summed E-state index contributed by atoms with van der Waals surface area (Å²) in [6, 6.07) is 5.34. The molecule has 0 spiro atoms. The van der Waals surface area contributed by atoms with Crippen LogP contribution < -0.4 is 5.32 Å². The summed E-state index contributed by atoms with van der Waals surface area (Å²) in [6.45, 7) is 3.79. The summed E-state index contributed by atoms with van der Waals surface area (Å²) >= 11 is 7.43. The molecule has 20 heavy (non-hydrogen) atoms. The maximum Gasteiger partial charge on any atom is 0.244 e. The first-order chi connectivity index (χ1) is 9.50. The van der Waals surface area contributed by atoms with E-state index in [9.17, 15) is 8.42 Å². The highest BCUT2D eigenvalue weighted by molar-refractivity contribution is 7.89. The van der Waals surface area contributed by atoms with Crippen molar-refractivity contribution < 1.29 is 8.42 Å². The maximum atomic E-state index is 12.8. The van der Waals surface area contributed by atoms with E-state index >= 15 is 0 Å². The van der Waals surface area contributed by atoms with Crippen LogP contribution in [0, 0.1) is 0 Å². The molecular formula is C13H15ClN2O2S2. The van der Waals surface area contributed by atoms with E-state index in [0.29, 0.717) is 34.9 Å². The van der Waals surface area contributed by atoms with Crippen molar-refractivity contribution in [3.05, 3.63) is 28.6 Å². The molecule has 0 radical (unpaired) electrons. The second-order valence-electron chi connectivity index (χ2n) is 4.91. The first kappa shape index (κ1) is 14.3. The fourth-order valence-corrected chi connectivity index (χ4v) is 5.73. The Morgan fingerprint density at radius 3 is 3.00 bits per heavy atom. The Labute approximate surface area is 127 Å². The van der Waals surface area contributed by atoms with Crippen LogP contribution in [0.2, 0.25) is 5.02 Å². The predicted molar refractivity (Wildman–Crippen MR) is 83.1 cm³/mol. The first-order valence-corrected chi connectivity index (χ1v) is 9.09. The van der Waals surface area contributed by atoms with Crippen LogP contribution in [0.25, 0.3) is 10.1 Å². The minimum Gasteiger partial charge on any atom is -0.314 e. The molecule has 1 aliphatic heterocycles. The molecule has 1 unspecified atom stereocenters. The molecule has 0 amide bonds. The summed E-state index contributed by atoms with van der Waals surface area (Å²) in [5.41, 5.74) is 0. The van der Waals surface area contributed by atoms with E-state index in [1.165, 1.54) is 11.3 Å². The fourth-order valence-electron chi connectivity index (χ4n) is 2.48. The number of hydrogen-bond donors (Lipinski definition) is 1. The highest BCUT2D eigenvalue weighted by Crippen LogP contribution is 2.33. The molecule has 0 saturated carbocycles. The average Bonchev–Trinajstić information content (AvgIpc) is 2.82. The van der Waals surface area contributed by atoms with Crippen molar-refractivity contribution >= 4 is 43.0 Å². The highest BCUT2D eigenvalue weighted by Gasteiger charge is 2.32. The minimum absolute atomic E-state index is 0.0390. The topological polar surface area (TPSA) is 49.4 Å². The molecule has 0 aliphatic carbocycles. The minimum atomic E-state index is -3.47. The Morgan fingerprint density at radius 2 is 2.25 bits per heavy atom. The molecule has 1 N–H and O–H groups in total. The third kappa shape index (κ3) is 2.35. The van der Waals surface area contributed by atoms with E-state index in [0.717, 1.165) is 4.70 Å². The largest absolute Gasteiger partial charge is 0.314 e. The van der Waals surface area contributed by atoms with Crippen LogP contribution in [0.4, 0.5) is 0 Å². The third-order valence-electron chi connectivity index (χ3n) is 3.53. The van der Waals surface area contributed by atoms with E-state index in [1.807, 2.05) is 13.0 Å². The van der Waals surface area contributed by atoms with Gasteiger partial charge in [-0.15, -0.1) is 11.3 Å². The van der Waals surface area contributed by atoms with Crippen LogP contribution in [-0.2, 0) is 10.0 Å². The second kappa shape index (κ2) is 5.27. The highest BCUT2D eigenvalue weighted by atomic mass is 35.5. The van der Waals surface area contributed by atoms with Crippen molar-refractivity contribution in [3.63, 3.8) is 0 Å². The number of rotatable bonds is 2. The molecular weight excluding hydrogens is 316 g/mol. The van der Waals surface area contributed by atoms with Gasteiger partial charge in [0, 0.05) is 46.2 Å². The molecule has 1 fully saturated rings. The normalized spacial score (nSPS) is 21.4. The van der Waals surface area contributed by atoms with Gasteiger partial charge in [-0.1, -0.05) is 11.6 Å². The van der Waals surface area contributed by atoms with Crippen LogP contribution in [0.3, 0.4) is 0 Å². The molecule has 2 aromatic rings. The molecule has 7 heteroatoms. The van der Waals surface area contributed by atoms with Gasteiger partial charge in [-0.25, -0.2) is 8.42 Å². The van der Waals surface area contributed by atoms with Crippen molar-refractivity contribution in [1.82, 2.24) is 9.62 Å². The summed E-state index contributed by atoms with van der Waals surface area (Å²) in [7, 11) is -3.47. The lowest BCUT2D eigenvalue weighted by molar-refractivity contribution is 0.284. The predicted octanol–water partition coefficient (Wildman–Crippen LogP) is 2.54. The van der Waals surface area contributed by atoms with E-state index in [2.05, 4.69) is 5.32 Å². The summed E-state index contributed by atoms with van der Waals surface area (Å²) in [6.07, 6.45) is 0. The number of nitrogens with zero attached hydrogens (tertiary/aromatic N) is 1. The quantitative estimate of drug-likeness (QED) is 0.920. The van der Waals surface area contributed by atoms with Crippen molar-refractivity contribution in [1.29, 1.82) is 0 Å². The summed E-state index contributed by atoms with van der Waals surface area (Å²) in [5, 5.41) is 6.19. The van der Waals surface area contributed by atoms with Gasteiger partial charge in [-0.05, 0) is 25.1 Å². The molecule has 108 valence electrons. The third-order valence-corrected chi connectivity index (χ3v) is 6.93. The average molecular weight is 331 g/mol. The molecule has 0 bridgehead atoms. The van der Waals surface area contributed by atoms with E-state index < -0.39 is 10.0 Å². The van der Waals surface area contributed by atoms with Gasteiger partial charge in [0.05, 0.1) is 0 Å². The number of sulfonamides is 1. The van der Waals surface area contributed by atoms with Crippen LogP contribution in [0.1, 0.15) is 6.92 Å². The summed E-state index contributed by atoms with van der Waals surface area (Å²) in [4.78, 5) is 0.369. The number of thiophene rings is 1. The summed E-state index contributed by atoms with van der Waals surface area (Å²) < 4.78 is 28.2. The van der Waals surface area contributed by atoms with Crippen LogP contribution in [0.15, 0.2) is 28.5 Å². The maximum absolute atomic E-state index is 12.8. The van der Waals surface area contributed by atoms with Gasteiger partial charge in [-0.2, -0.15) is 4.31 Å². The van der Waals surface area contributed by atoms with Gasteiger partial charge < -0.3 is 5.32 Å². The zero-order chi connectivity index (χ0) is 14.3. The smallest absolute Gasteiger partial charge is 0.244 e. The molecule has 2 heterocycles. The van der Waals surface area contributed by atoms with E-state index in [-0.39, 0.29) is 6.04 Å². The van der Waals surface area contributed by atoms with Crippen molar-refractivity contribution in [2.75, 3.05) is 19.6 Å². The van der Waals surface area contributed by atoms with Crippen molar-refractivity contribution in [2.45, 2.75) is 17.9 Å². The Kier molecular flexibility index (Phi) is 3.77. The molecule has 1 aromatic heterocycles. The Hall–Kier alpha value is -0.660. The van der Waals surface area contributed by atoms with Crippen molar-refractivity contribution in [3.8, 4) is 0 Å². The number of halogens is 1. The molecule has 4 nitrogen and oxygen atoms in total. The molecule has 1 saturated heterocycles. The zero-order valence-corrected chi connectivity index (χ0v) is 13.4. The van der Waals surface area contributed by atoms with Crippen LogP contribution in [0.5, 0.6) is 0 Å². The lowest BCUT2D eigenvalue weighted by atomic mass is 10.3. The van der Waals surface area contributed by atoms with Gasteiger partial charge in [0.2, 0.25) is 10.0 Å². The standard InChI is InChI=1S/C13H15ClN2O2S2/c1-9-7-15-4-5-16(9)20(17,18)13-8-19-12-3-2-10(14)6-11(12)13/h2-3,6,8-9,15H,4-5,7H2,1H3. The van der Waals surface area contributed by atoms with E-state index in [1.54, 1.807) is 21.8 Å². The number of nitrogens with one attached hydrogen (secondary N) is 1. The molecule has 3 rings (SSSR count).